The summed E-state index contributed by atoms with van der Waals surface area (Å²) in [6.45, 7) is 5.06. The SMILES string of the molecule is CCC(CC)NCc1cccc(C(=O)Nc2sc3c(c2C(=O)Nc2ccc(CCCc4ccc(C(=O)OC)cc4)cc2)CCCC3)c1. The Labute approximate surface area is 282 Å². The second-order valence-corrected chi connectivity index (χ2v) is 13.3. The number of hydrogen-bond acceptors (Lipinski definition) is 6. The summed E-state index contributed by atoms with van der Waals surface area (Å²) < 4.78 is 4.77. The predicted molar refractivity (Wildman–Crippen MR) is 191 cm³/mol. The van der Waals surface area contributed by atoms with Gasteiger partial charge in [-0.05, 0) is 116 Å². The molecular formula is C39H45N3O4S. The van der Waals surface area contributed by atoms with Crippen molar-refractivity contribution in [3.8, 4) is 0 Å². The number of fused-ring (bicyclic) bond motifs is 1. The molecule has 0 fully saturated rings. The summed E-state index contributed by atoms with van der Waals surface area (Å²) in [4.78, 5) is 40.1. The van der Waals surface area contributed by atoms with Crippen LogP contribution in [0.5, 0.6) is 0 Å². The van der Waals surface area contributed by atoms with Crippen LogP contribution in [0.3, 0.4) is 0 Å². The zero-order valence-corrected chi connectivity index (χ0v) is 28.4. The maximum Gasteiger partial charge on any atom is 0.337 e. The zero-order valence-electron chi connectivity index (χ0n) is 27.6. The molecule has 7 nitrogen and oxygen atoms in total. The minimum atomic E-state index is -0.328. The molecule has 0 unspecified atom stereocenters. The largest absolute Gasteiger partial charge is 0.465 e. The van der Waals surface area contributed by atoms with Gasteiger partial charge in [0.2, 0.25) is 0 Å². The van der Waals surface area contributed by atoms with Crippen molar-refractivity contribution in [1.82, 2.24) is 5.32 Å². The molecule has 8 heteroatoms. The van der Waals surface area contributed by atoms with Crippen LogP contribution in [0.15, 0.2) is 72.8 Å². The Kier molecular flexibility index (Phi) is 12.0. The van der Waals surface area contributed by atoms with Crippen molar-refractivity contribution >= 4 is 39.8 Å². The molecule has 1 heterocycles. The van der Waals surface area contributed by atoms with Gasteiger partial charge in [-0.1, -0.05) is 50.2 Å². The molecule has 246 valence electrons. The number of benzene rings is 3. The van der Waals surface area contributed by atoms with Crippen LogP contribution >= 0.6 is 11.3 Å². The minimum absolute atomic E-state index is 0.189. The quantitative estimate of drug-likeness (QED) is 0.119. The third-order valence-electron chi connectivity index (χ3n) is 8.91. The van der Waals surface area contributed by atoms with E-state index in [-0.39, 0.29) is 17.8 Å². The molecule has 0 atom stereocenters. The number of anilines is 2. The minimum Gasteiger partial charge on any atom is -0.465 e. The monoisotopic (exact) mass is 651 g/mol. The van der Waals surface area contributed by atoms with E-state index in [2.05, 4.69) is 29.8 Å². The van der Waals surface area contributed by atoms with Crippen molar-refractivity contribution in [3.63, 3.8) is 0 Å². The Bertz CT molecular complexity index is 1670. The number of esters is 1. The molecule has 3 aromatic carbocycles. The lowest BCUT2D eigenvalue weighted by Gasteiger charge is -2.15. The average Bonchev–Trinajstić information content (AvgIpc) is 3.47. The molecule has 0 radical (unpaired) electrons. The average molecular weight is 652 g/mol. The first-order valence-electron chi connectivity index (χ1n) is 16.7. The van der Waals surface area contributed by atoms with Gasteiger partial charge in [0.15, 0.2) is 0 Å². The van der Waals surface area contributed by atoms with Gasteiger partial charge in [0, 0.05) is 28.7 Å². The molecule has 47 heavy (non-hydrogen) atoms. The molecule has 0 saturated carbocycles. The molecule has 0 spiro atoms. The van der Waals surface area contributed by atoms with Crippen molar-refractivity contribution < 1.29 is 19.1 Å². The number of carbonyl (C=O) groups is 3. The van der Waals surface area contributed by atoms with Crippen LogP contribution in [-0.4, -0.2) is 30.9 Å². The first kappa shape index (κ1) is 34.1. The lowest BCUT2D eigenvalue weighted by molar-refractivity contribution is 0.0600. The number of thiophene rings is 1. The predicted octanol–water partition coefficient (Wildman–Crippen LogP) is 8.37. The normalized spacial score (nSPS) is 12.4. The number of nitrogens with one attached hydrogen (secondary N) is 3. The topological polar surface area (TPSA) is 96.5 Å². The first-order chi connectivity index (χ1) is 22.9. The molecular weight excluding hydrogens is 607 g/mol. The Morgan fingerprint density at radius 1 is 0.787 bits per heavy atom. The lowest BCUT2D eigenvalue weighted by Crippen LogP contribution is -2.27. The van der Waals surface area contributed by atoms with Crippen LogP contribution in [0.25, 0.3) is 0 Å². The highest BCUT2D eigenvalue weighted by Gasteiger charge is 2.27. The third kappa shape index (κ3) is 8.96. The molecule has 1 aliphatic rings. The van der Waals surface area contributed by atoms with Gasteiger partial charge < -0.3 is 20.7 Å². The summed E-state index contributed by atoms with van der Waals surface area (Å²) in [6, 6.07) is 23.7. The molecule has 3 N–H and O–H groups in total. The second-order valence-electron chi connectivity index (χ2n) is 12.2. The van der Waals surface area contributed by atoms with Gasteiger partial charge in [-0.15, -0.1) is 11.3 Å². The van der Waals surface area contributed by atoms with Crippen molar-refractivity contribution in [2.24, 2.45) is 0 Å². The van der Waals surface area contributed by atoms with Crippen LogP contribution in [0.2, 0.25) is 0 Å². The first-order valence-corrected chi connectivity index (χ1v) is 17.6. The molecule has 1 aromatic heterocycles. The molecule has 5 rings (SSSR count). The van der Waals surface area contributed by atoms with Gasteiger partial charge in [-0.2, -0.15) is 0 Å². The summed E-state index contributed by atoms with van der Waals surface area (Å²) in [5.74, 6) is -0.720. The molecule has 0 aliphatic heterocycles. The number of hydrogen-bond donors (Lipinski definition) is 3. The maximum absolute atomic E-state index is 13.8. The van der Waals surface area contributed by atoms with Gasteiger partial charge >= 0.3 is 5.97 Å². The van der Waals surface area contributed by atoms with E-state index in [1.807, 2.05) is 60.7 Å². The van der Waals surface area contributed by atoms with E-state index in [9.17, 15) is 14.4 Å². The van der Waals surface area contributed by atoms with Gasteiger partial charge in [-0.3, -0.25) is 9.59 Å². The summed E-state index contributed by atoms with van der Waals surface area (Å²) in [7, 11) is 1.38. The smallest absolute Gasteiger partial charge is 0.337 e. The fourth-order valence-electron chi connectivity index (χ4n) is 6.10. The van der Waals surface area contributed by atoms with Crippen LogP contribution in [0.1, 0.15) is 104 Å². The van der Waals surface area contributed by atoms with Crippen LogP contribution in [-0.2, 0) is 37.0 Å². The highest BCUT2D eigenvalue weighted by atomic mass is 32.1. The number of amides is 2. The van der Waals surface area contributed by atoms with Crippen LogP contribution < -0.4 is 16.0 Å². The van der Waals surface area contributed by atoms with E-state index in [1.165, 1.54) is 34.5 Å². The van der Waals surface area contributed by atoms with Crippen molar-refractivity contribution in [2.75, 3.05) is 17.7 Å². The Morgan fingerprint density at radius 3 is 2.15 bits per heavy atom. The second kappa shape index (κ2) is 16.5. The molecule has 0 saturated heterocycles. The van der Waals surface area contributed by atoms with Crippen LogP contribution in [0.4, 0.5) is 10.7 Å². The molecule has 4 aromatic rings. The fraction of sp³-hybridized carbons (Fsp3) is 0.359. The lowest BCUT2D eigenvalue weighted by atomic mass is 9.95. The number of ether oxygens (including phenoxy) is 1. The number of aryl methyl sites for hydroxylation is 3. The zero-order chi connectivity index (χ0) is 33.2. The highest BCUT2D eigenvalue weighted by molar-refractivity contribution is 7.17. The van der Waals surface area contributed by atoms with E-state index < -0.39 is 0 Å². The van der Waals surface area contributed by atoms with Gasteiger partial charge in [0.1, 0.15) is 5.00 Å². The van der Waals surface area contributed by atoms with Gasteiger partial charge in [0.05, 0.1) is 18.2 Å². The molecule has 0 bridgehead atoms. The summed E-state index contributed by atoms with van der Waals surface area (Å²) in [5, 5.41) is 10.4. The Morgan fingerprint density at radius 2 is 1.47 bits per heavy atom. The number of methoxy groups -OCH3 is 1. The summed E-state index contributed by atoms with van der Waals surface area (Å²) >= 11 is 1.53. The van der Waals surface area contributed by atoms with Crippen molar-refractivity contribution in [1.29, 1.82) is 0 Å². The van der Waals surface area contributed by atoms with E-state index in [0.29, 0.717) is 34.3 Å². The van der Waals surface area contributed by atoms with E-state index >= 15 is 0 Å². The van der Waals surface area contributed by atoms with Crippen molar-refractivity contribution in [2.45, 2.75) is 84.2 Å². The van der Waals surface area contributed by atoms with Gasteiger partial charge in [-0.25, -0.2) is 4.79 Å². The fourth-order valence-corrected chi connectivity index (χ4v) is 7.38. The summed E-state index contributed by atoms with van der Waals surface area (Å²) in [5.41, 5.74) is 6.93. The van der Waals surface area contributed by atoms with E-state index in [0.717, 1.165) is 74.6 Å². The third-order valence-corrected chi connectivity index (χ3v) is 10.1. The Hall–Kier alpha value is -4.27. The standard InChI is InChI=1S/C39H45N3O4S/c1-4-31(5-2)40-25-28-12-9-13-30(24-28)36(43)42-38-35(33-14-6-7-15-34(33)47-38)37(44)41-32-22-18-27(19-23-32)11-8-10-26-16-20-29(21-17-26)39(45)46-3/h9,12-13,16-24,31,40H,4-8,10-11,14-15,25H2,1-3H3,(H,41,44)(H,42,43). The van der Waals surface area contributed by atoms with E-state index in [4.69, 9.17) is 4.74 Å². The Balaban J connectivity index is 1.21. The summed E-state index contributed by atoms with van der Waals surface area (Å²) in [6.07, 6.45) is 8.78. The number of rotatable bonds is 14. The number of carbonyl (C=O) groups excluding carboxylic acids is 3. The molecule has 2 amide bonds. The molecule has 1 aliphatic carbocycles. The van der Waals surface area contributed by atoms with Crippen LogP contribution in [0, 0.1) is 0 Å². The van der Waals surface area contributed by atoms with Crippen molar-refractivity contribution in [3.05, 3.63) is 117 Å². The highest BCUT2D eigenvalue weighted by Crippen LogP contribution is 2.39. The maximum atomic E-state index is 13.8. The van der Waals surface area contributed by atoms with E-state index in [1.54, 1.807) is 12.1 Å². The van der Waals surface area contributed by atoms with Gasteiger partial charge in [0.25, 0.3) is 11.8 Å².